The van der Waals surface area contributed by atoms with Gasteiger partial charge in [-0.1, -0.05) is 31.2 Å². The van der Waals surface area contributed by atoms with E-state index in [4.69, 9.17) is 5.10 Å². The summed E-state index contributed by atoms with van der Waals surface area (Å²) in [6.45, 7) is 5.51. The second kappa shape index (κ2) is 5.41. The van der Waals surface area contributed by atoms with Gasteiger partial charge in [0.2, 0.25) is 0 Å². The van der Waals surface area contributed by atoms with E-state index in [9.17, 15) is 0 Å². The lowest BCUT2D eigenvalue weighted by molar-refractivity contribution is 0.571. The minimum Gasteiger partial charge on any atom is -0.309 e. The number of hydrogen-bond acceptors (Lipinski definition) is 2. The van der Waals surface area contributed by atoms with Gasteiger partial charge >= 0.3 is 0 Å². The first-order valence-electron chi connectivity index (χ1n) is 7.57. The van der Waals surface area contributed by atoms with Gasteiger partial charge in [0.05, 0.1) is 11.4 Å². The highest BCUT2D eigenvalue weighted by Gasteiger charge is 2.24. The molecule has 2 aromatic rings. The van der Waals surface area contributed by atoms with Gasteiger partial charge in [-0.3, -0.25) is 4.68 Å². The summed E-state index contributed by atoms with van der Waals surface area (Å²) in [6.07, 6.45) is 3.56. The predicted octanol–water partition coefficient (Wildman–Crippen LogP) is 3.38. The lowest BCUT2D eigenvalue weighted by Crippen LogP contribution is -2.17. The third-order valence-corrected chi connectivity index (χ3v) is 4.36. The van der Waals surface area contributed by atoms with E-state index in [-0.39, 0.29) is 0 Å². The summed E-state index contributed by atoms with van der Waals surface area (Å²) >= 11 is 0. The molecule has 1 N–H and O–H groups in total. The minimum absolute atomic E-state index is 0.469. The van der Waals surface area contributed by atoms with Crippen LogP contribution in [0, 0.1) is 6.92 Å². The third-order valence-electron chi connectivity index (χ3n) is 4.36. The Morgan fingerprint density at radius 1 is 1.30 bits per heavy atom. The SMILES string of the molecule is CCc1ccc(-c2nn(C)c(C3CCCN3)c2C)cc1. The van der Waals surface area contributed by atoms with Crippen molar-refractivity contribution in [1.82, 2.24) is 15.1 Å². The van der Waals surface area contributed by atoms with Crippen molar-refractivity contribution in [2.24, 2.45) is 7.05 Å². The molecule has 0 spiro atoms. The highest BCUT2D eigenvalue weighted by Crippen LogP contribution is 2.31. The molecule has 20 heavy (non-hydrogen) atoms. The number of rotatable bonds is 3. The maximum absolute atomic E-state index is 4.76. The van der Waals surface area contributed by atoms with Crippen molar-refractivity contribution < 1.29 is 0 Å². The Morgan fingerprint density at radius 3 is 2.65 bits per heavy atom. The number of hydrogen-bond donors (Lipinski definition) is 1. The van der Waals surface area contributed by atoms with E-state index in [0.29, 0.717) is 6.04 Å². The monoisotopic (exact) mass is 269 g/mol. The fourth-order valence-corrected chi connectivity index (χ4v) is 3.22. The first kappa shape index (κ1) is 13.4. The van der Waals surface area contributed by atoms with Crippen LogP contribution in [0.4, 0.5) is 0 Å². The van der Waals surface area contributed by atoms with Crippen molar-refractivity contribution in [3.05, 3.63) is 41.1 Å². The molecular formula is C17H23N3. The van der Waals surface area contributed by atoms with Crippen LogP contribution < -0.4 is 5.32 Å². The van der Waals surface area contributed by atoms with E-state index < -0.39 is 0 Å². The van der Waals surface area contributed by atoms with Crippen molar-refractivity contribution in [2.45, 2.75) is 39.2 Å². The number of benzene rings is 1. The van der Waals surface area contributed by atoms with Crippen LogP contribution >= 0.6 is 0 Å². The molecule has 1 aliphatic rings. The fraction of sp³-hybridized carbons (Fsp3) is 0.471. The van der Waals surface area contributed by atoms with Crippen LogP contribution in [0.3, 0.4) is 0 Å². The summed E-state index contributed by atoms with van der Waals surface area (Å²) in [5, 5.41) is 8.33. The highest BCUT2D eigenvalue weighted by molar-refractivity contribution is 5.64. The predicted molar refractivity (Wildman–Crippen MR) is 82.7 cm³/mol. The molecule has 0 saturated carbocycles. The molecule has 1 unspecified atom stereocenters. The second-order valence-electron chi connectivity index (χ2n) is 5.68. The molecule has 106 valence electrons. The lowest BCUT2D eigenvalue weighted by atomic mass is 10.0. The Hall–Kier alpha value is -1.61. The molecule has 2 heterocycles. The first-order chi connectivity index (χ1) is 9.70. The van der Waals surface area contributed by atoms with Crippen molar-refractivity contribution in [2.75, 3.05) is 6.54 Å². The summed E-state index contributed by atoms with van der Waals surface area (Å²) < 4.78 is 2.06. The normalized spacial score (nSPS) is 18.6. The van der Waals surface area contributed by atoms with Crippen molar-refractivity contribution >= 4 is 0 Å². The van der Waals surface area contributed by atoms with E-state index in [1.807, 2.05) is 0 Å². The molecule has 1 saturated heterocycles. The van der Waals surface area contributed by atoms with Crippen molar-refractivity contribution in [3.63, 3.8) is 0 Å². The molecule has 1 atom stereocenters. The molecule has 3 heteroatoms. The van der Waals surface area contributed by atoms with Gasteiger partial charge in [0.1, 0.15) is 0 Å². The van der Waals surface area contributed by atoms with E-state index in [0.717, 1.165) is 18.7 Å². The molecule has 3 nitrogen and oxygen atoms in total. The topological polar surface area (TPSA) is 29.9 Å². The zero-order valence-electron chi connectivity index (χ0n) is 12.6. The van der Waals surface area contributed by atoms with Gasteiger partial charge in [-0.05, 0) is 43.9 Å². The summed E-state index contributed by atoms with van der Waals surface area (Å²) in [7, 11) is 2.06. The molecule has 0 bridgehead atoms. The van der Waals surface area contributed by atoms with E-state index in [1.54, 1.807) is 0 Å². The molecule has 1 aliphatic heterocycles. The van der Waals surface area contributed by atoms with Crippen LogP contribution in [0.25, 0.3) is 11.3 Å². The molecule has 0 radical (unpaired) electrons. The van der Waals surface area contributed by atoms with Gasteiger partial charge in [-0.2, -0.15) is 5.10 Å². The van der Waals surface area contributed by atoms with Gasteiger partial charge in [0.25, 0.3) is 0 Å². The van der Waals surface area contributed by atoms with Crippen LogP contribution in [0.15, 0.2) is 24.3 Å². The summed E-state index contributed by atoms with van der Waals surface area (Å²) in [5.74, 6) is 0. The minimum atomic E-state index is 0.469. The quantitative estimate of drug-likeness (QED) is 0.925. The Balaban J connectivity index is 1.99. The molecule has 3 rings (SSSR count). The zero-order valence-corrected chi connectivity index (χ0v) is 12.6. The molecule has 0 amide bonds. The van der Waals surface area contributed by atoms with E-state index in [2.05, 4.69) is 55.2 Å². The second-order valence-corrected chi connectivity index (χ2v) is 5.68. The van der Waals surface area contributed by atoms with Gasteiger partial charge < -0.3 is 5.32 Å². The fourth-order valence-electron chi connectivity index (χ4n) is 3.22. The molecule has 1 aromatic heterocycles. The maximum Gasteiger partial charge on any atom is 0.0955 e. The number of aryl methyl sites for hydroxylation is 2. The van der Waals surface area contributed by atoms with Crippen LogP contribution in [0.2, 0.25) is 0 Å². The number of nitrogens with one attached hydrogen (secondary N) is 1. The number of aromatic nitrogens is 2. The number of nitrogens with zero attached hydrogens (tertiary/aromatic N) is 2. The largest absolute Gasteiger partial charge is 0.309 e. The Labute approximate surface area is 121 Å². The van der Waals surface area contributed by atoms with Gasteiger partial charge in [-0.25, -0.2) is 0 Å². The van der Waals surface area contributed by atoms with Crippen molar-refractivity contribution in [1.29, 1.82) is 0 Å². The van der Waals surface area contributed by atoms with Crippen LogP contribution in [0.1, 0.15) is 42.6 Å². The standard InChI is InChI=1S/C17H23N3/c1-4-13-7-9-14(10-8-13)16-12(2)17(20(3)19-16)15-6-5-11-18-15/h7-10,15,18H,4-6,11H2,1-3H3. The van der Waals surface area contributed by atoms with E-state index in [1.165, 1.54) is 35.2 Å². The smallest absolute Gasteiger partial charge is 0.0955 e. The zero-order chi connectivity index (χ0) is 14.1. The van der Waals surface area contributed by atoms with Gasteiger partial charge in [0.15, 0.2) is 0 Å². The molecule has 0 aliphatic carbocycles. The highest BCUT2D eigenvalue weighted by atomic mass is 15.3. The van der Waals surface area contributed by atoms with Gasteiger partial charge in [0, 0.05) is 18.7 Å². The van der Waals surface area contributed by atoms with Crippen LogP contribution in [0.5, 0.6) is 0 Å². The summed E-state index contributed by atoms with van der Waals surface area (Å²) in [4.78, 5) is 0. The molecule has 1 fully saturated rings. The Bertz CT molecular complexity index is 589. The van der Waals surface area contributed by atoms with Crippen LogP contribution in [-0.2, 0) is 13.5 Å². The summed E-state index contributed by atoms with van der Waals surface area (Å²) in [5.41, 5.74) is 6.38. The molecular weight excluding hydrogens is 246 g/mol. The van der Waals surface area contributed by atoms with Crippen molar-refractivity contribution in [3.8, 4) is 11.3 Å². The average molecular weight is 269 g/mol. The summed E-state index contributed by atoms with van der Waals surface area (Å²) in [6, 6.07) is 9.27. The van der Waals surface area contributed by atoms with E-state index >= 15 is 0 Å². The lowest BCUT2D eigenvalue weighted by Gasteiger charge is -2.11. The van der Waals surface area contributed by atoms with Crippen LogP contribution in [-0.4, -0.2) is 16.3 Å². The third kappa shape index (κ3) is 2.27. The van der Waals surface area contributed by atoms with Gasteiger partial charge in [-0.15, -0.1) is 0 Å². The Morgan fingerprint density at radius 2 is 2.05 bits per heavy atom. The maximum atomic E-state index is 4.76. The average Bonchev–Trinajstić information content (AvgIpc) is 3.07. The first-order valence-corrected chi connectivity index (χ1v) is 7.57. The Kier molecular flexibility index (Phi) is 3.62. The molecule has 1 aromatic carbocycles.